The van der Waals surface area contributed by atoms with E-state index in [1.165, 1.54) is 12.1 Å². The van der Waals surface area contributed by atoms with E-state index >= 15 is 0 Å². The summed E-state index contributed by atoms with van der Waals surface area (Å²) in [6, 6.07) is 9.68. The molecular formula is C28H28ClF4N4OPS. The standard InChI is InChI=1S/C28H28ClF4N4OPS/c1-37-11-9-23(22(30)16-37)36-24-7-4-6-19-20(14-28(31,32)33)25(40-27(19)24)8-5-10-35-26-17(15-34)12-18(13-21(26)29)39(2,3)38/h4,6-7,12-13,22-23,35-36H,9-11,14,16H2,1-3H3/t22-,23+/m0/s1. The molecule has 1 aliphatic rings. The molecule has 0 amide bonds. The molecule has 1 aliphatic heterocycles. The molecule has 1 saturated heterocycles. The van der Waals surface area contributed by atoms with Gasteiger partial charge in [0.05, 0.1) is 50.5 Å². The van der Waals surface area contributed by atoms with Gasteiger partial charge in [-0.1, -0.05) is 35.6 Å². The normalized spacial score (nSPS) is 18.2. The zero-order valence-corrected chi connectivity index (χ0v) is 24.6. The SMILES string of the molecule is CN1CC[C@@H](Nc2cccc3c(CC(F)(F)F)c(C#CCNc4c(Cl)cc(P(C)(C)=O)cc4C#N)sc23)[C@@H](F)C1. The fourth-order valence-electron chi connectivity index (χ4n) is 4.61. The molecule has 0 aliphatic carbocycles. The number of anilines is 2. The number of benzene rings is 2. The van der Waals surface area contributed by atoms with Crippen molar-refractivity contribution in [2.75, 3.05) is 50.6 Å². The number of halogens is 5. The van der Waals surface area contributed by atoms with Gasteiger partial charge in [-0.05, 0) is 55.9 Å². The van der Waals surface area contributed by atoms with Crippen LogP contribution < -0.4 is 15.9 Å². The average molecular weight is 611 g/mol. The van der Waals surface area contributed by atoms with Crippen LogP contribution in [0.1, 0.15) is 22.4 Å². The van der Waals surface area contributed by atoms with E-state index in [1.807, 2.05) is 18.0 Å². The molecule has 12 heteroatoms. The van der Waals surface area contributed by atoms with Crippen molar-refractivity contribution in [3.63, 3.8) is 0 Å². The summed E-state index contributed by atoms with van der Waals surface area (Å²) in [5, 5.41) is 16.8. The number of alkyl halides is 4. The van der Waals surface area contributed by atoms with Gasteiger partial charge in [0.25, 0.3) is 0 Å². The van der Waals surface area contributed by atoms with Crippen LogP contribution >= 0.6 is 30.1 Å². The monoisotopic (exact) mass is 610 g/mol. The van der Waals surface area contributed by atoms with Crippen LogP contribution in [0.3, 0.4) is 0 Å². The van der Waals surface area contributed by atoms with E-state index in [0.717, 1.165) is 17.9 Å². The maximum Gasteiger partial charge on any atom is 0.393 e. The van der Waals surface area contributed by atoms with Crippen molar-refractivity contribution in [1.29, 1.82) is 5.26 Å². The number of nitrogens with zero attached hydrogens (tertiary/aromatic N) is 2. The van der Waals surface area contributed by atoms with Crippen LogP contribution in [-0.2, 0) is 11.0 Å². The molecule has 2 N–H and O–H groups in total. The number of fused-ring (bicyclic) bond motifs is 1. The van der Waals surface area contributed by atoms with Crippen molar-refractivity contribution in [1.82, 2.24) is 4.90 Å². The van der Waals surface area contributed by atoms with Gasteiger partial charge >= 0.3 is 6.18 Å². The fourth-order valence-corrected chi connectivity index (χ4v) is 7.02. The van der Waals surface area contributed by atoms with E-state index in [9.17, 15) is 27.4 Å². The zero-order chi connectivity index (χ0) is 29.2. The van der Waals surface area contributed by atoms with Gasteiger partial charge in [0.15, 0.2) is 0 Å². The Balaban J connectivity index is 1.63. The average Bonchev–Trinajstić information content (AvgIpc) is 3.20. The largest absolute Gasteiger partial charge is 0.393 e. The van der Waals surface area contributed by atoms with Gasteiger partial charge in [0, 0.05) is 18.4 Å². The maximum absolute atomic E-state index is 14.7. The molecule has 0 saturated carbocycles. The molecule has 1 aromatic heterocycles. The first-order valence-electron chi connectivity index (χ1n) is 12.5. The van der Waals surface area contributed by atoms with Gasteiger partial charge in [0.1, 0.15) is 19.4 Å². The first-order valence-corrected chi connectivity index (χ1v) is 16.3. The van der Waals surface area contributed by atoms with E-state index in [-0.39, 0.29) is 34.1 Å². The Morgan fingerprint density at radius 2 is 2.02 bits per heavy atom. The van der Waals surface area contributed by atoms with Gasteiger partial charge in [-0.2, -0.15) is 18.4 Å². The summed E-state index contributed by atoms with van der Waals surface area (Å²) in [5.74, 6) is 5.71. The molecule has 3 aromatic rings. The van der Waals surface area contributed by atoms with Crippen molar-refractivity contribution >= 4 is 56.8 Å². The van der Waals surface area contributed by atoms with E-state index in [2.05, 4.69) is 22.5 Å². The lowest BCUT2D eigenvalue weighted by molar-refractivity contribution is -0.126. The lowest BCUT2D eigenvalue weighted by Crippen LogP contribution is -2.46. The lowest BCUT2D eigenvalue weighted by atomic mass is 10.0. The summed E-state index contributed by atoms with van der Waals surface area (Å²) in [6.45, 7) is 4.17. The lowest BCUT2D eigenvalue weighted by Gasteiger charge is -2.33. The summed E-state index contributed by atoms with van der Waals surface area (Å²) < 4.78 is 68.3. The van der Waals surface area contributed by atoms with Crippen LogP contribution in [0, 0.1) is 23.2 Å². The Bertz CT molecular complexity index is 1570. The van der Waals surface area contributed by atoms with Crippen LogP contribution in [0.2, 0.25) is 5.02 Å². The highest BCUT2D eigenvalue weighted by Gasteiger charge is 2.32. The number of piperidine rings is 1. The minimum atomic E-state index is -4.45. The van der Waals surface area contributed by atoms with Crippen LogP contribution in [-0.4, -0.2) is 63.3 Å². The number of nitrogens with one attached hydrogen (secondary N) is 2. The van der Waals surface area contributed by atoms with Crippen molar-refractivity contribution in [3.8, 4) is 17.9 Å². The van der Waals surface area contributed by atoms with Crippen molar-refractivity contribution in [2.24, 2.45) is 0 Å². The number of nitriles is 1. The molecule has 1 fully saturated rings. The third-order valence-electron chi connectivity index (χ3n) is 6.65. The Morgan fingerprint density at radius 3 is 2.67 bits per heavy atom. The second-order valence-corrected chi connectivity index (χ2v) is 14.8. The first kappa shape index (κ1) is 30.2. The summed E-state index contributed by atoms with van der Waals surface area (Å²) >= 11 is 7.48. The smallest absolute Gasteiger partial charge is 0.378 e. The summed E-state index contributed by atoms with van der Waals surface area (Å²) in [6.07, 6.45) is -6.11. The molecule has 0 spiro atoms. The van der Waals surface area contributed by atoms with E-state index in [1.54, 1.807) is 31.5 Å². The molecule has 0 radical (unpaired) electrons. The van der Waals surface area contributed by atoms with Crippen molar-refractivity contribution in [2.45, 2.75) is 31.2 Å². The number of hydrogen-bond donors (Lipinski definition) is 2. The van der Waals surface area contributed by atoms with E-state index < -0.39 is 32.0 Å². The maximum atomic E-state index is 14.7. The summed E-state index contributed by atoms with van der Waals surface area (Å²) in [5.41, 5.74) is 1.17. The van der Waals surface area contributed by atoms with Gasteiger partial charge in [-0.25, -0.2) is 4.39 Å². The van der Waals surface area contributed by atoms with Gasteiger partial charge < -0.3 is 20.1 Å². The Hall–Kier alpha value is -2.75. The molecule has 0 bridgehead atoms. The second-order valence-electron chi connectivity index (χ2n) is 10.2. The highest BCUT2D eigenvalue weighted by molar-refractivity contribution is 7.70. The minimum absolute atomic E-state index is 0.00753. The zero-order valence-electron chi connectivity index (χ0n) is 22.1. The first-order chi connectivity index (χ1) is 18.8. The molecule has 212 valence electrons. The Labute approximate surface area is 239 Å². The number of likely N-dealkylation sites (tertiary alicyclic amines) is 1. The van der Waals surface area contributed by atoms with Crippen LogP contribution in [0.25, 0.3) is 10.1 Å². The minimum Gasteiger partial charge on any atom is -0.378 e. The predicted octanol–water partition coefficient (Wildman–Crippen LogP) is 6.70. The predicted molar refractivity (Wildman–Crippen MR) is 157 cm³/mol. The number of thiophene rings is 1. The van der Waals surface area contributed by atoms with Crippen molar-refractivity contribution in [3.05, 3.63) is 51.4 Å². The molecule has 0 unspecified atom stereocenters. The van der Waals surface area contributed by atoms with Gasteiger partial charge in [-0.3, -0.25) is 0 Å². The highest BCUT2D eigenvalue weighted by atomic mass is 35.5. The molecule has 2 heterocycles. The van der Waals surface area contributed by atoms with Crippen LogP contribution in [0.5, 0.6) is 0 Å². The molecular weight excluding hydrogens is 583 g/mol. The van der Waals surface area contributed by atoms with Gasteiger partial charge in [0.2, 0.25) is 0 Å². The molecule has 40 heavy (non-hydrogen) atoms. The third kappa shape index (κ3) is 7.11. The third-order valence-corrected chi connectivity index (χ3v) is 9.65. The van der Waals surface area contributed by atoms with E-state index in [4.69, 9.17) is 11.6 Å². The highest BCUT2D eigenvalue weighted by Crippen LogP contribution is 2.40. The molecule has 5 nitrogen and oxygen atoms in total. The van der Waals surface area contributed by atoms with Crippen LogP contribution in [0.15, 0.2) is 30.3 Å². The fraction of sp³-hybridized carbons (Fsp3) is 0.393. The number of hydrogen-bond acceptors (Lipinski definition) is 6. The number of rotatable bonds is 6. The second kappa shape index (κ2) is 12.0. The molecule has 4 rings (SSSR count). The van der Waals surface area contributed by atoms with Crippen LogP contribution in [0.4, 0.5) is 28.9 Å². The Kier molecular flexibility index (Phi) is 9.07. The summed E-state index contributed by atoms with van der Waals surface area (Å²) in [4.78, 5) is 2.17. The topological polar surface area (TPSA) is 68.2 Å². The van der Waals surface area contributed by atoms with Crippen molar-refractivity contribution < 1.29 is 22.1 Å². The quantitative estimate of drug-likeness (QED) is 0.185. The molecule has 2 atom stereocenters. The molecule has 2 aromatic carbocycles. The van der Waals surface area contributed by atoms with Gasteiger partial charge in [-0.15, -0.1) is 11.3 Å². The summed E-state index contributed by atoms with van der Waals surface area (Å²) in [7, 11) is -0.795. The van der Waals surface area contributed by atoms with E-state index in [0.29, 0.717) is 33.2 Å². The Morgan fingerprint density at radius 1 is 1.27 bits per heavy atom.